The van der Waals surface area contributed by atoms with Crippen LogP contribution in [0.5, 0.6) is 0 Å². The Kier molecular flexibility index (Phi) is 9.36. The molecule has 0 heterocycles. The lowest BCUT2D eigenvalue weighted by Crippen LogP contribution is -2.49. The molecule has 2 atom stereocenters. The first-order chi connectivity index (χ1) is 8.92. The Bertz CT molecular complexity index is 290. The fourth-order valence-electron chi connectivity index (χ4n) is 1.40. The van der Waals surface area contributed by atoms with Crippen LogP contribution in [0.25, 0.3) is 0 Å². The third kappa shape index (κ3) is 7.91. The summed E-state index contributed by atoms with van der Waals surface area (Å²) in [7, 11) is 2.94. The lowest BCUT2D eigenvalue weighted by Gasteiger charge is -2.23. The monoisotopic (exact) mass is 294 g/mol. The Morgan fingerprint density at radius 2 is 2.11 bits per heavy atom. The molecule has 7 nitrogen and oxygen atoms in total. The number of nitrogens with zero attached hydrogens (tertiary/aromatic N) is 1. The average Bonchev–Trinajstić information content (AvgIpc) is 2.33. The van der Waals surface area contributed by atoms with Crippen molar-refractivity contribution in [3.8, 4) is 0 Å². The van der Waals surface area contributed by atoms with Crippen molar-refractivity contribution < 1.29 is 24.5 Å². The number of ether oxygens (including phenoxy) is 1. The van der Waals surface area contributed by atoms with Gasteiger partial charge in [-0.25, -0.2) is 9.59 Å². The van der Waals surface area contributed by atoms with Crippen LogP contribution in [-0.4, -0.2) is 78.6 Å². The second-order valence-corrected chi connectivity index (χ2v) is 5.10. The zero-order valence-corrected chi connectivity index (χ0v) is 12.3. The predicted octanol–water partition coefficient (Wildman–Crippen LogP) is -0.159. The van der Waals surface area contributed by atoms with Crippen molar-refractivity contribution in [3.05, 3.63) is 0 Å². The zero-order valence-electron chi connectivity index (χ0n) is 11.5. The third-order valence-corrected chi connectivity index (χ3v) is 3.04. The van der Waals surface area contributed by atoms with Crippen LogP contribution >= 0.6 is 11.8 Å². The van der Waals surface area contributed by atoms with Crippen LogP contribution in [0.3, 0.4) is 0 Å². The van der Waals surface area contributed by atoms with Gasteiger partial charge >= 0.3 is 12.0 Å². The number of hydrogen-bond donors (Lipinski definition) is 3. The lowest BCUT2D eigenvalue weighted by molar-refractivity contribution is -0.139. The van der Waals surface area contributed by atoms with Crippen molar-refractivity contribution in [1.29, 1.82) is 0 Å². The number of amides is 2. The van der Waals surface area contributed by atoms with E-state index in [9.17, 15) is 14.7 Å². The summed E-state index contributed by atoms with van der Waals surface area (Å²) in [6.45, 7) is 0.195. The van der Waals surface area contributed by atoms with Gasteiger partial charge in [-0.2, -0.15) is 11.8 Å². The van der Waals surface area contributed by atoms with Crippen LogP contribution in [0.1, 0.15) is 6.42 Å². The Hall–Kier alpha value is -0.990. The molecule has 0 aliphatic heterocycles. The molecule has 112 valence electrons. The summed E-state index contributed by atoms with van der Waals surface area (Å²) in [5.41, 5.74) is 0. The number of aliphatic hydroxyl groups excluding tert-OH is 1. The van der Waals surface area contributed by atoms with Crippen molar-refractivity contribution in [3.63, 3.8) is 0 Å². The van der Waals surface area contributed by atoms with Crippen LogP contribution in [0.4, 0.5) is 4.79 Å². The number of carboxylic acids is 1. The molecule has 0 saturated heterocycles. The van der Waals surface area contributed by atoms with E-state index in [0.29, 0.717) is 12.2 Å². The van der Waals surface area contributed by atoms with Crippen molar-refractivity contribution in [2.24, 2.45) is 0 Å². The molecule has 2 amide bonds. The van der Waals surface area contributed by atoms with Gasteiger partial charge < -0.3 is 25.2 Å². The largest absolute Gasteiger partial charge is 0.480 e. The first kappa shape index (κ1) is 18.0. The molecule has 19 heavy (non-hydrogen) atoms. The van der Waals surface area contributed by atoms with E-state index in [1.807, 2.05) is 6.26 Å². The summed E-state index contributed by atoms with van der Waals surface area (Å²) in [5.74, 6) is -0.416. The minimum absolute atomic E-state index is 0.0779. The lowest BCUT2D eigenvalue weighted by atomic mass is 10.2. The molecule has 0 spiro atoms. The molecule has 0 aromatic heterocycles. The van der Waals surface area contributed by atoms with E-state index in [0.717, 1.165) is 0 Å². The van der Waals surface area contributed by atoms with E-state index < -0.39 is 24.1 Å². The maximum absolute atomic E-state index is 11.8. The van der Waals surface area contributed by atoms with E-state index >= 15 is 0 Å². The molecule has 0 rings (SSSR count). The number of hydrogen-bond acceptors (Lipinski definition) is 5. The molecule has 8 heteroatoms. The third-order valence-electron chi connectivity index (χ3n) is 2.40. The highest BCUT2D eigenvalue weighted by atomic mass is 32.2. The SMILES string of the molecule is COCC(O)CN(C)C(=O)NC(CCSC)C(=O)O. The van der Waals surface area contributed by atoms with Crippen molar-refractivity contribution >= 4 is 23.8 Å². The number of aliphatic carboxylic acids is 1. The van der Waals surface area contributed by atoms with Gasteiger partial charge in [0.1, 0.15) is 6.04 Å². The first-order valence-corrected chi connectivity index (χ1v) is 7.22. The number of carboxylic acid groups (broad SMARTS) is 1. The molecule has 0 bridgehead atoms. The number of nitrogens with one attached hydrogen (secondary N) is 1. The average molecular weight is 294 g/mol. The van der Waals surface area contributed by atoms with Crippen LogP contribution < -0.4 is 5.32 Å². The van der Waals surface area contributed by atoms with E-state index in [4.69, 9.17) is 9.84 Å². The fraction of sp³-hybridized carbons (Fsp3) is 0.818. The number of carbonyl (C=O) groups excluding carboxylic acids is 1. The smallest absolute Gasteiger partial charge is 0.326 e. The number of likely N-dealkylation sites (N-methyl/N-ethyl adjacent to an activating group) is 1. The Morgan fingerprint density at radius 1 is 1.47 bits per heavy atom. The summed E-state index contributed by atoms with van der Waals surface area (Å²) in [6, 6.07) is -1.44. The van der Waals surface area contributed by atoms with Crippen LogP contribution in [-0.2, 0) is 9.53 Å². The summed E-state index contributed by atoms with van der Waals surface area (Å²) in [5, 5.41) is 20.9. The summed E-state index contributed by atoms with van der Waals surface area (Å²) in [6.07, 6.45) is 1.43. The van der Waals surface area contributed by atoms with Gasteiger partial charge in [0.2, 0.25) is 0 Å². The maximum Gasteiger partial charge on any atom is 0.326 e. The number of aliphatic hydroxyl groups is 1. The molecule has 0 aliphatic rings. The molecule has 0 saturated carbocycles. The van der Waals surface area contributed by atoms with Gasteiger partial charge in [0.05, 0.1) is 19.3 Å². The zero-order chi connectivity index (χ0) is 14.8. The van der Waals surface area contributed by atoms with Gasteiger partial charge in [0.15, 0.2) is 0 Å². The molecule has 0 radical (unpaired) electrons. The van der Waals surface area contributed by atoms with E-state index in [-0.39, 0.29) is 13.2 Å². The second-order valence-electron chi connectivity index (χ2n) is 4.11. The standard InChI is InChI=1S/C11H22N2O5S/c1-13(6-8(14)7-18-2)11(17)12-9(10(15)16)4-5-19-3/h8-9,14H,4-7H2,1-3H3,(H,12,17)(H,15,16). The molecule has 3 N–H and O–H groups in total. The van der Waals surface area contributed by atoms with E-state index in [2.05, 4.69) is 5.32 Å². The molecule has 2 unspecified atom stereocenters. The Labute approximate surface area is 117 Å². The van der Waals surface area contributed by atoms with Crippen LogP contribution in [0.2, 0.25) is 0 Å². The minimum atomic E-state index is -1.06. The van der Waals surface area contributed by atoms with Gasteiger partial charge in [-0.15, -0.1) is 0 Å². The molecule has 0 aromatic rings. The molecule has 0 fully saturated rings. The number of methoxy groups -OCH3 is 1. The highest BCUT2D eigenvalue weighted by molar-refractivity contribution is 7.98. The van der Waals surface area contributed by atoms with E-state index in [1.54, 1.807) is 0 Å². The van der Waals surface area contributed by atoms with Gasteiger partial charge in [-0.1, -0.05) is 0 Å². The van der Waals surface area contributed by atoms with Crippen molar-refractivity contribution in [1.82, 2.24) is 10.2 Å². The van der Waals surface area contributed by atoms with E-state index in [1.165, 1.54) is 30.8 Å². The predicted molar refractivity (Wildman–Crippen MR) is 73.5 cm³/mol. The van der Waals surface area contributed by atoms with Gasteiger partial charge in [0, 0.05) is 14.2 Å². The van der Waals surface area contributed by atoms with Crippen LogP contribution in [0, 0.1) is 0 Å². The second kappa shape index (κ2) is 9.88. The minimum Gasteiger partial charge on any atom is -0.480 e. The fourth-order valence-corrected chi connectivity index (χ4v) is 1.87. The van der Waals surface area contributed by atoms with Crippen molar-refractivity contribution in [2.75, 3.05) is 39.3 Å². The van der Waals surface area contributed by atoms with Crippen LogP contribution in [0.15, 0.2) is 0 Å². The normalized spacial score (nSPS) is 13.7. The summed E-state index contributed by atoms with van der Waals surface area (Å²) in [4.78, 5) is 24.0. The number of rotatable bonds is 9. The van der Waals surface area contributed by atoms with Crippen molar-refractivity contribution in [2.45, 2.75) is 18.6 Å². The number of urea groups is 1. The maximum atomic E-state index is 11.8. The Balaban J connectivity index is 4.26. The topological polar surface area (TPSA) is 99.1 Å². The molecule has 0 aromatic carbocycles. The molecule has 0 aliphatic carbocycles. The Morgan fingerprint density at radius 3 is 2.58 bits per heavy atom. The van der Waals surface area contributed by atoms with Gasteiger partial charge in [-0.05, 0) is 18.4 Å². The van der Waals surface area contributed by atoms with Gasteiger partial charge in [-0.3, -0.25) is 0 Å². The summed E-state index contributed by atoms with van der Waals surface area (Å²) < 4.78 is 4.75. The highest BCUT2D eigenvalue weighted by Gasteiger charge is 2.22. The number of carbonyl (C=O) groups is 2. The quantitative estimate of drug-likeness (QED) is 0.546. The molecular weight excluding hydrogens is 272 g/mol. The highest BCUT2D eigenvalue weighted by Crippen LogP contribution is 2.02. The number of thioether (sulfide) groups is 1. The summed E-state index contributed by atoms with van der Waals surface area (Å²) >= 11 is 1.52. The first-order valence-electron chi connectivity index (χ1n) is 5.82. The van der Waals surface area contributed by atoms with Gasteiger partial charge in [0.25, 0.3) is 0 Å². The molecular formula is C11H22N2O5S.